The Morgan fingerprint density at radius 2 is 1.86 bits per heavy atom. The Hall–Kier alpha value is -2.89. The fraction of sp³-hybridized carbons (Fsp3) is 0.391. The van der Waals surface area contributed by atoms with Crippen molar-refractivity contribution in [1.82, 2.24) is 10.2 Å². The minimum atomic E-state index is -0.693. The molecule has 2 aromatic carbocycles. The normalized spacial score (nSPS) is 12.7. The molecule has 0 saturated heterocycles. The minimum Gasteiger partial charge on any atom is -0.481 e. The molecule has 0 radical (unpaired) electrons. The van der Waals surface area contributed by atoms with Crippen LogP contribution in [0.15, 0.2) is 48.5 Å². The number of hydrogen-bond acceptors (Lipinski definition) is 3. The van der Waals surface area contributed by atoms with Gasteiger partial charge in [0.15, 0.2) is 18.2 Å². The number of hydrogen-bond donors (Lipinski definition) is 1. The lowest BCUT2D eigenvalue weighted by Crippen LogP contribution is -2.50. The summed E-state index contributed by atoms with van der Waals surface area (Å²) >= 11 is 0. The van der Waals surface area contributed by atoms with Gasteiger partial charge >= 0.3 is 0 Å². The van der Waals surface area contributed by atoms with Gasteiger partial charge in [-0.05, 0) is 44.9 Å². The lowest BCUT2D eigenvalue weighted by atomic mass is 10.1. The number of benzene rings is 2. The lowest BCUT2D eigenvalue weighted by molar-refractivity contribution is -0.142. The van der Waals surface area contributed by atoms with Crippen LogP contribution in [-0.2, 0) is 16.1 Å². The monoisotopic (exact) mass is 400 g/mol. The minimum absolute atomic E-state index is 0.00747. The van der Waals surface area contributed by atoms with E-state index in [-0.39, 0.29) is 36.8 Å². The molecule has 0 aromatic heterocycles. The van der Waals surface area contributed by atoms with Gasteiger partial charge in [0.2, 0.25) is 5.91 Å². The van der Waals surface area contributed by atoms with Crippen molar-refractivity contribution >= 4 is 11.8 Å². The van der Waals surface area contributed by atoms with Crippen molar-refractivity contribution in [2.75, 3.05) is 6.61 Å². The van der Waals surface area contributed by atoms with E-state index in [2.05, 4.69) is 5.32 Å². The largest absolute Gasteiger partial charge is 0.481 e. The number of carbonyl (C=O) groups excluding carboxylic acids is 2. The van der Waals surface area contributed by atoms with Crippen molar-refractivity contribution in [3.8, 4) is 5.75 Å². The molecule has 0 spiro atoms. The summed E-state index contributed by atoms with van der Waals surface area (Å²) in [7, 11) is 0. The number of aryl methyl sites for hydroxylation is 1. The van der Waals surface area contributed by atoms with E-state index in [1.807, 2.05) is 45.0 Å². The molecule has 2 rings (SSSR count). The SMILES string of the molecule is CC[C@@H](C)NC(=O)[C@@H](C)N(Cc1cccc(C)c1)C(=O)COc1ccccc1F. The van der Waals surface area contributed by atoms with Crippen LogP contribution in [0, 0.1) is 12.7 Å². The van der Waals surface area contributed by atoms with Crippen LogP contribution in [0.4, 0.5) is 4.39 Å². The molecular weight excluding hydrogens is 371 g/mol. The fourth-order valence-corrected chi connectivity index (χ4v) is 2.84. The molecule has 2 atom stereocenters. The zero-order valence-electron chi connectivity index (χ0n) is 17.4. The van der Waals surface area contributed by atoms with Gasteiger partial charge in [-0.2, -0.15) is 0 Å². The standard InChI is InChI=1S/C23H29FN2O3/c1-5-17(3)25-23(28)18(4)26(14-19-10-8-9-16(2)13-19)22(27)15-29-21-12-7-6-11-20(21)24/h6-13,17-18H,5,14-15H2,1-4H3,(H,25,28)/t17-,18-/m1/s1. The molecule has 156 valence electrons. The summed E-state index contributed by atoms with van der Waals surface area (Å²) in [5, 5.41) is 2.91. The first-order chi connectivity index (χ1) is 13.8. The first-order valence-corrected chi connectivity index (χ1v) is 9.84. The molecule has 0 bridgehead atoms. The summed E-state index contributed by atoms with van der Waals surface area (Å²) in [5.41, 5.74) is 1.97. The predicted octanol–water partition coefficient (Wildman–Crippen LogP) is 3.84. The van der Waals surface area contributed by atoms with E-state index < -0.39 is 11.9 Å². The maximum Gasteiger partial charge on any atom is 0.261 e. The number of amides is 2. The van der Waals surface area contributed by atoms with Gasteiger partial charge < -0.3 is 15.0 Å². The second-order valence-corrected chi connectivity index (χ2v) is 7.22. The van der Waals surface area contributed by atoms with E-state index in [9.17, 15) is 14.0 Å². The second-order valence-electron chi connectivity index (χ2n) is 7.22. The van der Waals surface area contributed by atoms with Gasteiger partial charge in [0.05, 0.1) is 0 Å². The van der Waals surface area contributed by atoms with Crippen molar-refractivity contribution in [3.63, 3.8) is 0 Å². The number of para-hydroxylation sites is 1. The van der Waals surface area contributed by atoms with E-state index in [0.717, 1.165) is 17.5 Å². The Bertz CT molecular complexity index is 840. The highest BCUT2D eigenvalue weighted by Crippen LogP contribution is 2.17. The molecule has 29 heavy (non-hydrogen) atoms. The van der Waals surface area contributed by atoms with Crippen LogP contribution in [0.5, 0.6) is 5.75 Å². The van der Waals surface area contributed by atoms with E-state index >= 15 is 0 Å². The van der Waals surface area contributed by atoms with Gasteiger partial charge in [0.25, 0.3) is 5.91 Å². The van der Waals surface area contributed by atoms with E-state index in [1.54, 1.807) is 19.1 Å². The van der Waals surface area contributed by atoms with Gasteiger partial charge in [-0.1, -0.05) is 48.9 Å². The van der Waals surface area contributed by atoms with Gasteiger partial charge in [0.1, 0.15) is 6.04 Å². The predicted molar refractivity (Wildman–Crippen MR) is 111 cm³/mol. The smallest absolute Gasteiger partial charge is 0.261 e. The molecule has 1 N–H and O–H groups in total. The topological polar surface area (TPSA) is 58.6 Å². The van der Waals surface area contributed by atoms with Crippen LogP contribution < -0.4 is 10.1 Å². The third kappa shape index (κ3) is 6.59. The highest BCUT2D eigenvalue weighted by Gasteiger charge is 2.27. The lowest BCUT2D eigenvalue weighted by Gasteiger charge is -2.29. The number of ether oxygens (including phenoxy) is 1. The van der Waals surface area contributed by atoms with Gasteiger partial charge in [-0.25, -0.2) is 4.39 Å². The molecule has 0 aliphatic rings. The molecular formula is C23H29FN2O3. The third-order valence-electron chi connectivity index (χ3n) is 4.79. The number of nitrogens with zero attached hydrogens (tertiary/aromatic N) is 1. The molecule has 2 amide bonds. The van der Waals surface area contributed by atoms with Crippen molar-refractivity contribution in [1.29, 1.82) is 0 Å². The number of nitrogens with one attached hydrogen (secondary N) is 1. The van der Waals surface area contributed by atoms with Gasteiger partial charge in [-0.15, -0.1) is 0 Å². The number of halogens is 1. The Labute approximate surface area is 171 Å². The number of rotatable bonds is 9. The second kappa shape index (κ2) is 10.6. The first kappa shape index (κ1) is 22.4. The van der Waals surface area contributed by atoms with Crippen molar-refractivity contribution < 1.29 is 18.7 Å². The Morgan fingerprint density at radius 3 is 2.52 bits per heavy atom. The zero-order valence-corrected chi connectivity index (χ0v) is 17.4. The van der Waals surface area contributed by atoms with Crippen molar-refractivity contribution in [3.05, 3.63) is 65.5 Å². The molecule has 0 aliphatic carbocycles. The fourth-order valence-electron chi connectivity index (χ4n) is 2.84. The van der Waals surface area contributed by atoms with Crippen LogP contribution in [0.3, 0.4) is 0 Å². The van der Waals surface area contributed by atoms with Crippen LogP contribution in [0.1, 0.15) is 38.3 Å². The van der Waals surface area contributed by atoms with Crippen LogP contribution >= 0.6 is 0 Å². The van der Waals surface area contributed by atoms with E-state index in [1.165, 1.54) is 17.0 Å². The average Bonchev–Trinajstić information content (AvgIpc) is 2.70. The Kier molecular flexibility index (Phi) is 8.19. The molecule has 2 aromatic rings. The molecule has 0 unspecified atom stereocenters. The van der Waals surface area contributed by atoms with E-state index in [0.29, 0.717) is 0 Å². The molecule has 6 heteroatoms. The zero-order chi connectivity index (χ0) is 21.4. The quantitative estimate of drug-likeness (QED) is 0.696. The summed E-state index contributed by atoms with van der Waals surface area (Å²) < 4.78 is 19.2. The third-order valence-corrected chi connectivity index (χ3v) is 4.79. The number of carbonyl (C=O) groups is 2. The van der Waals surface area contributed by atoms with Crippen LogP contribution in [0.2, 0.25) is 0 Å². The highest BCUT2D eigenvalue weighted by atomic mass is 19.1. The summed E-state index contributed by atoms with van der Waals surface area (Å²) in [6.07, 6.45) is 0.792. The van der Waals surface area contributed by atoms with Gasteiger partial charge in [0, 0.05) is 12.6 Å². The maximum atomic E-state index is 13.8. The van der Waals surface area contributed by atoms with Crippen molar-refractivity contribution in [2.45, 2.75) is 52.7 Å². The maximum absolute atomic E-state index is 13.8. The Morgan fingerprint density at radius 1 is 1.14 bits per heavy atom. The molecule has 5 nitrogen and oxygen atoms in total. The molecule has 0 heterocycles. The molecule has 0 aliphatic heterocycles. The summed E-state index contributed by atoms with van der Waals surface area (Å²) in [5.74, 6) is -1.14. The Balaban J connectivity index is 2.17. The summed E-state index contributed by atoms with van der Waals surface area (Å²) in [4.78, 5) is 27.0. The van der Waals surface area contributed by atoms with Gasteiger partial charge in [-0.3, -0.25) is 9.59 Å². The molecule has 0 fully saturated rings. The average molecular weight is 400 g/mol. The molecule has 0 saturated carbocycles. The van der Waals surface area contributed by atoms with Crippen LogP contribution in [0.25, 0.3) is 0 Å². The van der Waals surface area contributed by atoms with E-state index in [4.69, 9.17) is 4.74 Å². The summed E-state index contributed by atoms with van der Waals surface area (Å²) in [6.45, 7) is 7.46. The first-order valence-electron chi connectivity index (χ1n) is 9.84. The highest BCUT2D eigenvalue weighted by molar-refractivity contribution is 5.88. The van der Waals surface area contributed by atoms with Crippen molar-refractivity contribution in [2.24, 2.45) is 0 Å². The van der Waals surface area contributed by atoms with Crippen LogP contribution in [-0.4, -0.2) is 35.4 Å². The summed E-state index contributed by atoms with van der Waals surface area (Å²) in [6, 6.07) is 13.0.